The number of nitrogen functional groups attached to an aromatic ring is 1. The van der Waals surface area contributed by atoms with Gasteiger partial charge in [-0.15, -0.1) is 0 Å². The first-order valence-electron chi connectivity index (χ1n) is 5.31. The van der Waals surface area contributed by atoms with E-state index >= 15 is 0 Å². The molecular weight excluding hydrogens is 230 g/mol. The molecule has 1 aromatic carbocycles. The molecule has 0 aliphatic rings. The van der Waals surface area contributed by atoms with E-state index in [4.69, 9.17) is 5.73 Å². The van der Waals surface area contributed by atoms with Crippen molar-refractivity contribution in [2.45, 2.75) is 0 Å². The first kappa shape index (κ1) is 10.4. The SMILES string of the molecule is Nc1nc(-c2ccc3ncccc3c2)[nH]c(=O)n1. The number of pyridine rings is 1. The second-order valence-electron chi connectivity index (χ2n) is 3.77. The quantitative estimate of drug-likeness (QED) is 0.659. The van der Waals surface area contributed by atoms with Crippen LogP contribution >= 0.6 is 0 Å². The van der Waals surface area contributed by atoms with Gasteiger partial charge in [-0.1, -0.05) is 6.07 Å². The monoisotopic (exact) mass is 239 g/mol. The highest BCUT2D eigenvalue weighted by Gasteiger charge is 2.04. The normalized spacial score (nSPS) is 10.7. The summed E-state index contributed by atoms with van der Waals surface area (Å²) in [5.41, 5.74) is 6.59. The maximum absolute atomic E-state index is 11.2. The van der Waals surface area contributed by atoms with E-state index in [1.54, 1.807) is 6.20 Å². The number of anilines is 1. The van der Waals surface area contributed by atoms with Gasteiger partial charge in [0.1, 0.15) is 5.82 Å². The molecule has 0 bridgehead atoms. The van der Waals surface area contributed by atoms with E-state index in [-0.39, 0.29) is 5.95 Å². The van der Waals surface area contributed by atoms with Crippen LogP contribution in [0.25, 0.3) is 22.3 Å². The van der Waals surface area contributed by atoms with E-state index in [0.717, 1.165) is 16.5 Å². The molecule has 0 saturated carbocycles. The van der Waals surface area contributed by atoms with Crippen molar-refractivity contribution in [1.29, 1.82) is 0 Å². The number of rotatable bonds is 1. The molecule has 2 heterocycles. The number of aromatic amines is 1. The lowest BCUT2D eigenvalue weighted by Gasteiger charge is -2.02. The minimum atomic E-state index is -0.510. The number of hydrogen-bond acceptors (Lipinski definition) is 5. The second-order valence-corrected chi connectivity index (χ2v) is 3.77. The highest BCUT2D eigenvalue weighted by atomic mass is 16.1. The summed E-state index contributed by atoms with van der Waals surface area (Å²) in [7, 11) is 0. The Morgan fingerprint density at radius 1 is 1.17 bits per heavy atom. The van der Waals surface area contributed by atoms with Crippen LogP contribution in [0, 0.1) is 0 Å². The maximum Gasteiger partial charge on any atom is 0.349 e. The first-order valence-corrected chi connectivity index (χ1v) is 5.31. The summed E-state index contributed by atoms with van der Waals surface area (Å²) in [6.45, 7) is 0. The van der Waals surface area contributed by atoms with Gasteiger partial charge in [-0.25, -0.2) is 4.79 Å². The van der Waals surface area contributed by atoms with E-state index in [1.165, 1.54) is 0 Å². The molecule has 2 aromatic heterocycles. The Labute approximate surface area is 102 Å². The van der Waals surface area contributed by atoms with Gasteiger partial charge in [0.15, 0.2) is 0 Å². The fourth-order valence-electron chi connectivity index (χ4n) is 1.76. The van der Waals surface area contributed by atoms with Crippen molar-refractivity contribution in [1.82, 2.24) is 19.9 Å². The van der Waals surface area contributed by atoms with E-state index in [2.05, 4.69) is 19.9 Å². The zero-order valence-electron chi connectivity index (χ0n) is 9.29. The number of hydrogen-bond donors (Lipinski definition) is 2. The van der Waals surface area contributed by atoms with Gasteiger partial charge < -0.3 is 5.73 Å². The molecule has 0 aliphatic carbocycles. The predicted octanol–water partition coefficient (Wildman–Crippen LogP) is 0.962. The van der Waals surface area contributed by atoms with Crippen LogP contribution in [0.2, 0.25) is 0 Å². The maximum atomic E-state index is 11.2. The topological polar surface area (TPSA) is 97.5 Å². The summed E-state index contributed by atoms with van der Waals surface area (Å²) in [4.78, 5) is 25.5. The predicted molar refractivity (Wildman–Crippen MR) is 67.8 cm³/mol. The lowest BCUT2D eigenvalue weighted by Crippen LogP contribution is -2.15. The Balaban J connectivity index is 2.22. The molecule has 0 spiro atoms. The average molecular weight is 239 g/mol. The van der Waals surface area contributed by atoms with E-state index in [9.17, 15) is 4.79 Å². The Kier molecular flexibility index (Phi) is 2.26. The summed E-state index contributed by atoms with van der Waals surface area (Å²) in [5, 5.41) is 0.966. The highest BCUT2D eigenvalue weighted by Crippen LogP contribution is 2.19. The molecule has 3 rings (SSSR count). The minimum Gasteiger partial charge on any atom is -0.368 e. The minimum absolute atomic E-state index is 0.0416. The number of nitrogens with two attached hydrogens (primary N) is 1. The van der Waals surface area contributed by atoms with E-state index in [1.807, 2.05) is 30.3 Å². The molecular formula is C12H9N5O. The average Bonchev–Trinajstić information content (AvgIpc) is 2.37. The van der Waals surface area contributed by atoms with Crippen LogP contribution in [-0.2, 0) is 0 Å². The van der Waals surface area contributed by atoms with Gasteiger partial charge in [0.25, 0.3) is 0 Å². The number of H-pyrrole nitrogens is 1. The van der Waals surface area contributed by atoms with Gasteiger partial charge in [-0.05, 0) is 24.3 Å². The Hall–Kier alpha value is -2.76. The van der Waals surface area contributed by atoms with Gasteiger partial charge in [0.05, 0.1) is 5.52 Å². The van der Waals surface area contributed by atoms with Crippen molar-refractivity contribution in [3.05, 3.63) is 47.0 Å². The van der Waals surface area contributed by atoms with Crippen LogP contribution in [0.4, 0.5) is 5.95 Å². The van der Waals surface area contributed by atoms with Crippen LogP contribution in [-0.4, -0.2) is 19.9 Å². The molecule has 0 atom stereocenters. The molecule has 0 radical (unpaired) electrons. The molecule has 0 unspecified atom stereocenters. The molecule has 0 aliphatic heterocycles. The van der Waals surface area contributed by atoms with E-state index < -0.39 is 5.69 Å². The van der Waals surface area contributed by atoms with E-state index in [0.29, 0.717) is 5.82 Å². The third-order valence-electron chi connectivity index (χ3n) is 2.54. The van der Waals surface area contributed by atoms with Gasteiger partial charge in [-0.3, -0.25) is 9.97 Å². The molecule has 3 aromatic rings. The summed E-state index contributed by atoms with van der Waals surface area (Å²) >= 11 is 0. The highest BCUT2D eigenvalue weighted by molar-refractivity contribution is 5.83. The fourth-order valence-corrected chi connectivity index (χ4v) is 1.76. The van der Waals surface area contributed by atoms with Crippen LogP contribution in [0.5, 0.6) is 0 Å². The summed E-state index contributed by atoms with van der Waals surface area (Å²) < 4.78 is 0. The third kappa shape index (κ3) is 1.80. The Bertz CT molecular complexity index is 781. The van der Waals surface area contributed by atoms with Crippen molar-refractivity contribution in [2.24, 2.45) is 0 Å². The zero-order valence-corrected chi connectivity index (χ0v) is 9.29. The van der Waals surface area contributed by atoms with Gasteiger partial charge >= 0.3 is 5.69 Å². The lowest BCUT2D eigenvalue weighted by molar-refractivity contribution is 1.01. The molecule has 88 valence electrons. The van der Waals surface area contributed by atoms with Crippen LogP contribution < -0.4 is 11.4 Å². The molecule has 18 heavy (non-hydrogen) atoms. The smallest absolute Gasteiger partial charge is 0.349 e. The summed E-state index contributed by atoms with van der Waals surface area (Å²) in [6, 6.07) is 9.37. The van der Waals surface area contributed by atoms with Crippen molar-refractivity contribution in [3.8, 4) is 11.4 Å². The van der Waals surface area contributed by atoms with Crippen molar-refractivity contribution < 1.29 is 0 Å². The van der Waals surface area contributed by atoms with Crippen molar-refractivity contribution >= 4 is 16.9 Å². The van der Waals surface area contributed by atoms with Gasteiger partial charge in [0, 0.05) is 17.1 Å². The number of fused-ring (bicyclic) bond motifs is 1. The second kappa shape index (κ2) is 3.92. The molecule has 6 nitrogen and oxygen atoms in total. The standard InChI is InChI=1S/C12H9N5O/c13-11-15-10(16-12(18)17-11)8-3-4-9-7(6-8)2-1-5-14-9/h1-6H,(H3,13,15,16,17,18). The molecule has 3 N–H and O–H groups in total. The molecule has 0 saturated heterocycles. The first-order chi connectivity index (χ1) is 8.72. The zero-order chi connectivity index (χ0) is 12.5. The molecule has 6 heteroatoms. The van der Waals surface area contributed by atoms with Crippen LogP contribution in [0.15, 0.2) is 41.3 Å². The third-order valence-corrected chi connectivity index (χ3v) is 2.54. The molecule has 0 fully saturated rings. The molecule has 0 amide bonds. The summed E-state index contributed by atoms with van der Waals surface area (Å²) in [6.07, 6.45) is 1.73. The number of aromatic nitrogens is 4. The number of nitrogens with zero attached hydrogens (tertiary/aromatic N) is 3. The van der Waals surface area contributed by atoms with Crippen molar-refractivity contribution in [2.75, 3.05) is 5.73 Å². The van der Waals surface area contributed by atoms with Gasteiger partial charge in [0.2, 0.25) is 5.95 Å². The van der Waals surface area contributed by atoms with Crippen LogP contribution in [0.1, 0.15) is 0 Å². The largest absolute Gasteiger partial charge is 0.368 e. The Morgan fingerprint density at radius 2 is 2.06 bits per heavy atom. The van der Waals surface area contributed by atoms with Crippen molar-refractivity contribution in [3.63, 3.8) is 0 Å². The lowest BCUT2D eigenvalue weighted by atomic mass is 10.1. The number of nitrogens with one attached hydrogen (secondary N) is 1. The fraction of sp³-hybridized carbons (Fsp3) is 0. The Morgan fingerprint density at radius 3 is 2.89 bits per heavy atom. The summed E-state index contributed by atoms with van der Waals surface area (Å²) in [5.74, 6) is 0.360. The number of benzene rings is 1. The van der Waals surface area contributed by atoms with Crippen LogP contribution in [0.3, 0.4) is 0 Å². The van der Waals surface area contributed by atoms with Gasteiger partial charge in [-0.2, -0.15) is 9.97 Å².